The van der Waals surface area contributed by atoms with E-state index in [9.17, 15) is 0 Å². The first-order valence-corrected chi connectivity index (χ1v) is 7.10. The third kappa shape index (κ3) is 2.31. The minimum absolute atomic E-state index is 0.842. The molecular formula is C20H18O. The number of fused-ring (bicyclic) bond motifs is 3. The molecule has 2 aromatic carbocycles. The molecule has 1 heteroatoms. The van der Waals surface area contributed by atoms with Crippen LogP contribution in [0.3, 0.4) is 0 Å². The zero-order valence-corrected chi connectivity index (χ0v) is 12.2. The largest absolute Gasteiger partial charge is 0.455 e. The van der Waals surface area contributed by atoms with Crippen molar-refractivity contribution < 1.29 is 4.42 Å². The second-order valence-corrected chi connectivity index (χ2v) is 5.19. The fourth-order valence-electron chi connectivity index (χ4n) is 2.61. The SMILES string of the molecule is C=CC/C=C/C(=C)c1cccc2c1oc1c(C)cccc12. The number of allylic oxidation sites excluding steroid dienone is 4. The van der Waals surface area contributed by atoms with Crippen molar-refractivity contribution in [3.8, 4) is 0 Å². The molecular weight excluding hydrogens is 256 g/mol. The Morgan fingerprint density at radius 1 is 1.10 bits per heavy atom. The number of aryl methyl sites for hydroxylation is 1. The number of benzene rings is 2. The molecule has 0 fully saturated rings. The van der Waals surface area contributed by atoms with E-state index in [-0.39, 0.29) is 0 Å². The highest BCUT2D eigenvalue weighted by Gasteiger charge is 2.12. The van der Waals surface area contributed by atoms with Crippen LogP contribution < -0.4 is 0 Å². The van der Waals surface area contributed by atoms with Gasteiger partial charge in [-0.2, -0.15) is 0 Å². The predicted molar refractivity (Wildman–Crippen MR) is 91.4 cm³/mol. The lowest BCUT2D eigenvalue weighted by atomic mass is 10.0. The third-order valence-corrected chi connectivity index (χ3v) is 3.69. The fourth-order valence-corrected chi connectivity index (χ4v) is 2.61. The van der Waals surface area contributed by atoms with E-state index in [1.54, 1.807) is 0 Å². The third-order valence-electron chi connectivity index (χ3n) is 3.69. The van der Waals surface area contributed by atoms with Gasteiger partial charge < -0.3 is 4.42 Å². The number of para-hydroxylation sites is 2. The number of hydrogen-bond donors (Lipinski definition) is 0. The summed E-state index contributed by atoms with van der Waals surface area (Å²) in [5.74, 6) is 0. The van der Waals surface area contributed by atoms with Gasteiger partial charge in [0, 0.05) is 16.3 Å². The Balaban J connectivity index is 2.20. The lowest BCUT2D eigenvalue weighted by Crippen LogP contribution is -1.80. The predicted octanol–water partition coefficient (Wildman–Crippen LogP) is 6.04. The molecule has 0 radical (unpaired) electrons. The molecule has 0 aliphatic heterocycles. The van der Waals surface area contributed by atoms with Crippen molar-refractivity contribution in [3.63, 3.8) is 0 Å². The van der Waals surface area contributed by atoms with Crippen molar-refractivity contribution in [2.75, 3.05) is 0 Å². The summed E-state index contributed by atoms with van der Waals surface area (Å²) in [5, 5.41) is 2.30. The Hall–Kier alpha value is -2.54. The summed E-state index contributed by atoms with van der Waals surface area (Å²) in [4.78, 5) is 0. The average molecular weight is 274 g/mol. The quantitative estimate of drug-likeness (QED) is 0.417. The number of rotatable bonds is 4. The lowest BCUT2D eigenvalue weighted by molar-refractivity contribution is 0.664. The van der Waals surface area contributed by atoms with Gasteiger partial charge in [0.05, 0.1) is 0 Å². The highest BCUT2D eigenvalue weighted by atomic mass is 16.3. The molecule has 0 saturated heterocycles. The van der Waals surface area contributed by atoms with Gasteiger partial charge in [0.25, 0.3) is 0 Å². The topological polar surface area (TPSA) is 13.1 Å². The van der Waals surface area contributed by atoms with Gasteiger partial charge in [-0.1, -0.05) is 61.2 Å². The minimum atomic E-state index is 0.842. The Labute approximate surface area is 124 Å². The van der Waals surface area contributed by atoms with Crippen molar-refractivity contribution >= 4 is 27.5 Å². The summed E-state index contributed by atoms with van der Waals surface area (Å²) in [7, 11) is 0. The molecule has 3 aromatic rings. The molecule has 0 amide bonds. The molecule has 0 N–H and O–H groups in total. The molecule has 0 spiro atoms. The Morgan fingerprint density at radius 3 is 2.57 bits per heavy atom. The van der Waals surface area contributed by atoms with Crippen LogP contribution in [0.25, 0.3) is 27.5 Å². The van der Waals surface area contributed by atoms with Crippen LogP contribution in [0.15, 0.2) is 72.2 Å². The molecule has 0 atom stereocenters. The minimum Gasteiger partial charge on any atom is -0.455 e. The molecule has 0 unspecified atom stereocenters. The van der Waals surface area contributed by atoms with Crippen molar-refractivity contribution in [3.05, 3.63) is 78.9 Å². The zero-order chi connectivity index (χ0) is 14.8. The standard InChI is InChI=1S/C20H18O/c1-4-5-6-9-14(2)16-11-8-13-18-17-12-7-10-15(3)19(17)21-20(16)18/h4,6-13H,1-2,5H2,3H3/b9-6+. The maximum absolute atomic E-state index is 6.13. The van der Waals surface area contributed by atoms with Crippen molar-refractivity contribution in [2.45, 2.75) is 13.3 Å². The molecule has 104 valence electrons. The molecule has 3 rings (SSSR count). The zero-order valence-electron chi connectivity index (χ0n) is 12.2. The second kappa shape index (κ2) is 5.45. The highest BCUT2D eigenvalue weighted by molar-refractivity contribution is 6.09. The molecule has 0 bridgehead atoms. The Bertz CT molecular complexity index is 862. The van der Waals surface area contributed by atoms with Gasteiger partial charge in [0.15, 0.2) is 0 Å². The van der Waals surface area contributed by atoms with Crippen LogP contribution in [-0.2, 0) is 0 Å². The normalized spacial score (nSPS) is 11.5. The molecule has 21 heavy (non-hydrogen) atoms. The Morgan fingerprint density at radius 2 is 1.81 bits per heavy atom. The summed E-state index contributed by atoms with van der Waals surface area (Å²) in [6.45, 7) is 9.95. The summed E-state index contributed by atoms with van der Waals surface area (Å²) in [6, 6.07) is 12.5. The van der Waals surface area contributed by atoms with Crippen LogP contribution in [-0.4, -0.2) is 0 Å². The van der Waals surface area contributed by atoms with Gasteiger partial charge >= 0.3 is 0 Å². The van der Waals surface area contributed by atoms with Gasteiger partial charge in [0.2, 0.25) is 0 Å². The molecule has 0 saturated carbocycles. The fraction of sp³-hybridized carbons (Fsp3) is 0.100. The van der Waals surface area contributed by atoms with E-state index in [0.29, 0.717) is 0 Å². The molecule has 0 aliphatic rings. The summed E-state index contributed by atoms with van der Waals surface area (Å²) >= 11 is 0. The first-order chi connectivity index (χ1) is 10.2. The van der Waals surface area contributed by atoms with Crippen molar-refractivity contribution in [2.24, 2.45) is 0 Å². The average Bonchev–Trinajstić information content (AvgIpc) is 2.87. The van der Waals surface area contributed by atoms with E-state index in [4.69, 9.17) is 4.42 Å². The van der Waals surface area contributed by atoms with Crippen LogP contribution in [0, 0.1) is 6.92 Å². The van der Waals surface area contributed by atoms with Crippen LogP contribution in [0.5, 0.6) is 0 Å². The first kappa shape index (κ1) is 13.4. The maximum Gasteiger partial charge on any atom is 0.143 e. The summed E-state index contributed by atoms with van der Waals surface area (Å²) in [5.41, 5.74) is 5.03. The van der Waals surface area contributed by atoms with Gasteiger partial charge in [-0.25, -0.2) is 0 Å². The van der Waals surface area contributed by atoms with E-state index in [2.05, 4.69) is 62.6 Å². The maximum atomic E-state index is 6.13. The van der Waals surface area contributed by atoms with Crippen molar-refractivity contribution in [1.29, 1.82) is 0 Å². The van der Waals surface area contributed by atoms with Crippen LogP contribution in [0.4, 0.5) is 0 Å². The summed E-state index contributed by atoms with van der Waals surface area (Å²) in [6.07, 6.45) is 6.79. The van der Waals surface area contributed by atoms with Gasteiger partial charge in [-0.15, -0.1) is 6.58 Å². The van der Waals surface area contributed by atoms with Crippen LogP contribution in [0.2, 0.25) is 0 Å². The monoisotopic (exact) mass is 274 g/mol. The summed E-state index contributed by atoms with van der Waals surface area (Å²) < 4.78 is 6.13. The second-order valence-electron chi connectivity index (χ2n) is 5.19. The Kier molecular flexibility index (Phi) is 3.49. The molecule has 1 heterocycles. The molecule has 1 aromatic heterocycles. The van der Waals surface area contributed by atoms with E-state index in [1.165, 1.54) is 0 Å². The first-order valence-electron chi connectivity index (χ1n) is 7.10. The molecule has 0 aliphatic carbocycles. The molecule has 1 nitrogen and oxygen atoms in total. The smallest absolute Gasteiger partial charge is 0.143 e. The van der Waals surface area contributed by atoms with E-state index < -0.39 is 0 Å². The van der Waals surface area contributed by atoms with Crippen molar-refractivity contribution in [1.82, 2.24) is 0 Å². The van der Waals surface area contributed by atoms with E-state index >= 15 is 0 Å². The van der Waals surface area contributed by atoms with E-state index in [1.807, 2.05) is 12.2 Å². The number of furan rings is 1. The van der Waals surface area contributed by atoms with Gasteiger partial charge in [-0.05, 0) is 24.5 Å². The highest BCUT2D eigenvalue weighted by Crippen LogP contribution is 2.34. The van der Waals surface area contributed by atoms with E-state index in [0.717, 1.165) is 45.1 Å². The number of hydrogen-bond acceptors (Lipinski definition) is 1. The lowest BCUT2D eigenvalue weighted by Gasteiger charge is -2.01. The van der Waals surface area contributed by atoms with Crippen LogP contribution >= 0.6 is 0 Å². The van der Waals surface area contributed by atoms with Gasteiger partial charge in [0.1, 0.15) is 11.2 Å². The van der Waals surface area contributed by atoms with Crippen LogP contribution in [0.1, 0.15) is 17.5 Å². The van der Waals surface area contributed by atoms with Gasteiger partial charge in [-0.3, -0.25) is 0 Å².